The molecule has 0 aromatic heterocycles. The molecule has 0 unspecified atom stereocenters. The molecule has 0 fully saturated rings. The van der Waals surface area contributed by atoms with E-state index in [-0.39, 0.29) is 5.91 Å². The maximum absolute atomic E-state index is 12.2. The summed E-state index contributed by atoms with van der Waals surface area (Å²) in [6.07, 6.45) is -0.694. The third-order valence-corrected chi connectivity index (χ3v) is 3.42. The number of hydrogen-bond acceptors (Lipinski definition) is 3. The van der Waals surface area contributed by atoms with Crippen molar-refractivity contribution in [3.05, 3.63) is 71.8 Å². The molecule has 0 aliphatic rings. The molecule has 2 aromatic rings. The van der Waals surface area contributed by atoms with E-state index < -0.39 is 18.1 Å². The molecule has 5 heteroatoms. The van der Waals surface area contributed by atoms with E-state index in [1.807, 2.05) is 36.4 Å². The molecule has 0 saturated carbocycles. The van der Waals surface area contributed by atoms with Crippen molar-refractivity contribution in [1.82, 2.24) is 5.32 Å². The fraction of sp³-hybridized carbons (Fsp3) is 0.222. The van der Waals surface area contributed by atoms with Gasteiger partial charge in [0, 0.05) is 0 Å². The first-order valence-electron chi connectivity index (χ1n) is 7.38. The van der Waals surface area contributed by atoms with Gasteiger partial charge in [-0.2, -0.15) is 0 Å². The molecule has 5 nitrogen and oxygen atoms in total. The van der Waals surface area contributed by atoms with Gasteiger partial charge >= 0.3 is 0 Å². The smallest absolute Gasteiger partial charge is 0.249 e. The lowest BCUT2D eigenvalue weighted by Gasteiger charge is -2.19. The summed E-state index contributed by atoms with van der Waals surface area (Å²) in [4.78, 5) is 23.8. The highest BCUT2D eigenvalue weighted by Gasteiger charge is 2.23. The van der Waals surface area contributed by atoms with Crippen molar-refractivity contribution in [3.8, 4) is 0 Å². The molecular weight excluding hydrogens is 292 g/mol. The Hall–Kier alpha value is -2.66. The molecule has 0 aliphatic carbocycles. The summed E-state index contributed by atoms with van der Waals surface area (Å²) in [6.45, 7) is 1.96. The molecular formula is C18H20N2O3. The predicted molar refractivity (Wildman–Crippen MR) is 87.2 cm³/mol. The summed E-state index contributed by atoms with van der Waals surface area (Å²) in [5.74, 6) is -0.992. The Kier molecular flexibility index (Phi) is 5.88. The molecule has 2 atom stereocenters. The van der Waals surface area contributed by atoms with Crippen LogP contribution in [0.4, 0.5) is 0 Å². The quantitative estimate of drug-likeness (QED) is 0.819. The number of carbonyl (C=O) groups is 2. The lowest BCUT2D eigenvalue weighted by molar-refractivity contribution is -0.135. The summed E-state index contributed by atoms with van der Waals surface area (Å²) in [6, 6.07) is 17.6. The summed E-state index contributed by atoms with van der Waals surface area (Å²) >= 11 is 0. The van der Waals surface area contributed by atoms with Gasteiger partial charge in [0.05, 0.1) is 6.61 Å². The highest BCUT2D eigenvalue weighted by molar-refractivity contribution is 5.89. The fourth-order valence-electron chi connectivity index (χ4n) is 2.09. The van der Waals surface area contributed by atoms with Gasteiger partial charge in [-0.3, -0.25) is 9.59 Å². The van der Waals surface area contributed by atoms with Crippen LogP contribution in [0.1, 0.15) is 24.1 Å². The van der Waals surface area contributed by atoms with Crippen molar-refractivity contribution in [1.29, 1.82) is 0 Å². The van der Waals surface area contributed by atoms with E-state index in [9.17, 15) is 9.59 Å². The maximum atomic E-state index is 12.2. The molecule has 2 aromatic carbocycles. The Morgan fingerprint density at radius 3 is 2.17 bits per heavy atom. The zero-order valence-corrected chi connectivity index (χ0v) is 12.9. The Morgan fingerprint density at radius 1 is 1.04 bits per heavy atom. The van der Waals surface area contributed by atoms with Crippen LogP contribution in [0, 0.1) is 0 Å². The van der Waals surface area contributed by atoms with E-state index in [4.69, 9.17) is 10.5 Å². The number of rotatable bonds is 7. The number of benzene rings is 2. The van der Waals surface area contributed by atoms with Crippen LogP contribution in [0.5, 0.6) is 0 Å². The standard InChI is InChI=1S/C18H20N2O3/c1-13(23-12-14-8-4-2-5-9-14)18(22)20-16(17(19)21)15-10-6-3-7-11-15/h2-11,13,16H,12H2,1H3,(H2,19,21)(H,20,22)/t13-,16-/m1/s1. The van der Waals surface area contributed by atoms with Crippen molar-refractivity contribution in [2.24, 2.45) is 5.73 Å². The molecule has 23 heavy (non-hydrogen) atoms. The maximum Gasteiger partial charge on any atom is 0.249 e. The Morgan fingerprint density at radius 2 is 1.61 bits per heavy atom. The number of nitrogens with two attached hydrogens (primary N) is 1. The molecule has 0 radical (unpaired) electrons. The van der Waals surface area contributed by atoms with Gasteiger partial charge in [-0.15, -0.1) is 0 Å². The minimum Gasteiger partial charge on any atom is -0.368 e. The zero-order valence-electron chi connectivity index (χ0n) is 12.9. The summed E-state index contributed by atoms with van der Waals surface area (Å²) in [7, 11) is 0. The highest BCUT2D eigenvalue weighted by Crippen LogP contribution is 2.12. The number of ether oxygens (including phenoxy) is 1. The molecule has 0 spiro atoms. The SMILES string of the molecule is C[C@@H](OCc1ccccc1)C(=O)N[C@@H](C(N)=O)c1ccccc1. The lowest BCUT2D eigenvalue weighted by atomic mass is 10.1. The van der Waals surface area contributed by atoms with E-state index in [0.717, 1.165) is 5.56 Å². The third-order valence-electron chi connectivity index (χ3n) is 3.42. The van der Waals surface area contributed by atoms with Crippen LogP contribution in [0.2, 0.25) is 0 Å². The van der Waals surface area contributed by atoms with Crippen molar-refractivity contribution in [3.63, 3.8) is 0 Å². The molecule has 0 heterocycles. The van der Waals surface area contributed by atoms with Crippen molar-refractivity contribution in [2.45, 2.75) is 25.7 Å². The molecule has 120 valence electrons. The lowest BCUT2D eigenvalue weighted by Crippen LogP contribution is -2.42. The minimum absolute atomic E-state index is 0.321. The second kappa shape index (κ2) is 8.10. The van der Waals surface area contributed by atoms with Crippen LogP contribution >= 0.6 is 0 Å². The number of carbonyl (C=O) groups excluding carboxylic acids is 2. The van der Waals surface area contributed by atoms with Crippen LogP contribution in [-0.4, -0.2) is 17.9 Å². The van der Waals surface area contributed by atoms with E-state index in [2.05, 4.69) is 5.32 Å². The second-order valence-electron chi connectivity index (χ2n) is 5.19. The average molecular weight is 312 g/mol. The van der Waals surface area contributed by atoms with E-state index in [1.165, 1.54) is 0 Å². The topological polar surface area (TPSA) is 81.4 Å². The summed E-state index contributed by atoms with van der Waals surface area (Å²) in [5.41, 5.74) is 7.00. The summed E-state index contributed by atoms with van der Waals surface area (Å²) < 4.78 is 5.54. The molecule has 0 bridgehead atoms. The van der Waals surface area contributed by atoms with Crippen LogP contribution in [0.25, 0.3) is 0 Å². The first-order chi connectivity index (χ1) is 11.1. The average Bonchev–Trinajstić information content (AvgIpc) is 2.58. The van der Waals surface area contributed by atoms with Gasteiger partial charge in [0.25, 0.3) is 0 Å². The van der Waals surface area contributed by atoms with Gasteiger partial charge in [-0.05, 0) is 18.1 Å². The van der Waals surface area contributed by atoms with Crippen molar-refractivity contribution >= 4 is 11.8 Å². The number of hydrogen-bond donors (Lipinski definition) is 2. The second-order valence-corrected chi connectivity index (χ2v) is 5.19. The number of amides is 2. The highest BCUT2D eigenvalue weighted by atomic mass is 16.5. The predicted octanol–water partition coefficient (Wildman–Crippen LogP) is 1.93. The Balaban J connectivity index is 1.94. The normalized spacial score (nSPS) is 13.1. The first kappa shape index (κ1) is 16.7. The number of nitrogens with one attached hydrogen (secondary N) is 1. The van der Waals surface area contributed by atoms with Gasteiger partial charge < -0.3 is 15.8 Å². The van der Waals surface area contributed by atoms with Crippen LogP contribution in [-0.2, 0) is 20.9 Å². The van der Waals surface area contributed by atoms with Gasteiger partial charge in [0.2, 0.25) is 11.8 Å². The number of primary amides is 1. The third kappa shape index (κ3) is 4.93. The first-order valence-corrected chi connectivity index (χ1v) is 7.38. The zero-order chi connectivity index (χ0) is 16.7. The van der Waals surface area contributed by atoms with Crippen molar-refractivity contribution < 1.29 is 14.3 Å². The van der Waals surface area contributed by atoms with Crippen molar-refractivity contribution in [2.75, 3.05) is 0 Å². The Labute approximate surface area is 135 Å². The molecule has 0 saturated heterocycles. The Bertz CT molecular complexity index is 644. The molecule has 3 N–H and O–H groups in total. The summed E-state index contributed by atoms with van der Waals surface area (Å²) in [5, 5.41) is 2.63. The molecule has 2 rings (SSSR count). The van der Waals surface area contributed by atoms with E-state index in [1.54, 1.807) is 31.2 Å². The largest absolute Gasteiger partial charge is 0.368 e. The van der Waals surface area contributed by atoms with Gasteiger partial charge in [0.15, 0.2) is 0 Å². The van der Waals surface area contributed by atoms with Crippen LogP contribution in [0.15, 0.2) is 60.7 Å². The van der Waals surface area contributed by atoms with E-state index in [0.29, 0.717) is 12.2 Å². The molecule has 0 aliphatic heterocycles. The van der Waals surface area contributed by atoms with Crippen LogP contribution in [0.3, 0.4) is 0 Å². The monoisotopic (exact) mass is 312 g/mol. The minimum atomic E-state index is -0.869. The van der Waals surface area contributed by atoms with Gasteiger partial charge in [0.1, 0.15) is 12.1 Å². The van der Waals surface area contributed by atoms with Gasteiger partial charge in [-0.1, -0.05) is 60.7 Å². The van der Waals surface area contributed by atoms with Gasteiger partial charge in [-0.25, -0.2) is 0 Å². The van der Waals surface area contributed by atoms with E-state index >= 15 is 0 Å². The fourth-order valence-corrected chi connectivity index (χ4v) is 2.09. The van der Waals surface area contributed by atoms with Crippen LogP contribution < -0.4 is 11.1 Å². The molecule has 2 amide bonds.